The minimum Gasteiger partial charge on any atom is -0.331 e. The monoisotopic (exact) mass is 502 g/mol. The van der Waals surface area contributed by atoms with E-state index in [0.717, 1.165) is 21.7 Å². The van der Waals surface area contributed by atoms with Crippen molar-refractivity contribution < 1.29 is 23.6 Å². The van der Waals surface area contributed by atoms with E-state index in [1.165, 1.54) is 28.8 Å². The number of nitrogens with zero attached hydrogens (tertiary/aromatic N) is 1. The first-order chi connectivity index (χ1) is 17.3. The molecule has 3 aromatic rings. The van der Waals surface area contributed by atoms with Gasteiger partial charge >= 0.3 is 6.03 Å². The summed E-state index contributed by atoms with van der Waals surface area (Å²) >= 11 is 1.46. The van der Waals surface area contributed by atoms with Gasteiger partial charge in [-0.2, -0.15) is 0 Å². The molecule has 5 amide bonds. The molecule has 1 atom stereocenters. The van der Waals surface area contributed by atoms with Crippen LogP contribution in [0.2, 0.25) is 0 Å². The molecule has 0 saturated carbocycles. The predicted molar refractivity (Wildman–Crippen MR) is 131 cm³/mol. The number of amides is 5. The van der Waals surface area contributed by atoms with Crippen LogP contribution in [0.5, 0.6) is 0 Å². The highest BCUT2D eigenvalue weighted by Gasteiger charge is 2.50. The summed E-state index contributed by atoms with van der Waals surface area (Å²) in [5.41, 5.74) is 2.49. The smallest absolute Gasteiger partial charge is 0.322 e. The van der Waals surface area contributed by atoms with E-state index < -0.39 is 29.2 Å². The summed E-state index contributed by atoms with van der Waals surface area (Å²) in [6.07, 6.45) is 0. The van der Waals surface area contributed by atoms with Gasteiger partial charge in [0.05, 0.1) is 18.0 Å². The second-order valence-electron chi connectivity index (χ2n) is 8.87. The standard InChI is InChI=1S/C26H19FN4O4S/c27-17-9-6-15-11-31(23(33)19(15)10-17)13-26(24(34)29-25(35)30-26)16-7-4-14(5-8-16)18-2-1-3-20-22(18)36-12-21(32)28-20/h1-10H,11-13H2,(H,28,32)(H2,29,30,34,35)/t26-/m1/s1. The van der Waals surface area contributed by atoms with E-state index in [1.807, 2.05) is 30.3 Å². The molecule has 3 aliphatic heterocycles. The lowest BCUT2D eigenvalue weighted by atomic mass is 9.88. The number of anilines is 1. The predicted octanol–water partition coefficient (Wildman–Crippen LogP) is 3.23. The van der Waals surface area contributed by atoms with Crippen molar-refractivity contribution in [1.29, 1.82) is 0 Å². The minimum atomic E-state index is -1.50. The van der Waals surface area contributed by atoms with Gasteiger partial charge in [-0.05, 0) is 40.5 Å². The van der Waals surface area contributed by atoms with Gasteiger partial charge in [0.15, 0.2) is 5.54 Å². The summed E-state index contributed by atoms with van der Waals surface area (Å²) in [7, 11) is 0. The van der Waals surface area contributed by atoms with Gasteiger partial charge in [-0.25, -0.2) is 9.18 Å². The van der Waals surface area contributed by atoms with Crippen molar-refractivity contribution >= 4 is 41.2 Å². The van der Waals surface area contributed by atoms with Crippen LogP contribution in [0.1, 0.15) is 21.5 Å². The quantitative estimate of drug-likeness (QED) is 0.475. The molecule has 3 aliphatic rings. The van der Waals surface area contributed by atoms with Gasteiger partial charge in [-0.3, -0.25) is 19.7 Å². The first kappa shape index (κ1) is 22.3. The Bertz CT molecular complexity index is 1480. The number of rotatable bonds is 4. The van der Waals surface area contributed by atoms with Crippen LogP contribution >= 0.6 is 11.8 Å². The molecule has 0 unspecified atom stereocenters. The molecule has 180 valence electrons. The maximum absolute atomic E-state index is 13.7. The summed E-state index contributed by atoms with van der Waals surface area (Å²) in [6, 6.07) is 16.2. The lowest BCUT2D eigenvalue weighted by Gasteiger charge is -2.31. The minimum absolute atomic E-state index is 0.0497. The first-order valence-electron chi connectivity index (χ1n) is 11.2. The van der Waals surface area contributed by atoms with Crippen molar-refractivity contribution in [2.75, 3.05) is 17.6 Å². The number of carbonyl (C=O) groups excluding carboxylic acids is 4. The maximum Gasteiger partial charge on any atom is 0.322 e. The molecule has 0 aromatic heterocycles. The molecule has 0 aliphatic carbocycles. The normalized spacial score (nSPS) is 20.5. The fourth-order valence-corrected chi connectivity index (χ4v) is 5.89. The van der Waals surface area contributed by atoms with Gasteiger partial charge < -0.3 is 15.5 Å². The number of nitrogens with one attached hydrogen (secondary N) is 3. The van der Waals surface area contributed by atoms with E-state index in [1.54, 1.807) is 18.2 Å². The Morgan fingerprint density at radius 1 is 0.944 bits per heavy atom. The van der Waals surface area contributed by atoms with E-state index in [2.05, 4.69) is 16.0 Å². The zero-order chi connectivity index (χ0) is 25.0. The van der Waals surface area contributed by atoms with Gasteiger partial charge in [0.25, 0.3) is 11.8 Å². The lowest BCUT2D eigenvalue weighted by molar-refractivity contribution is -0.124. The van der Waals surface area contributed by atoms with Crippen molar-refractivity contribution in [1.82, 2.24) is 15.5 Å². The maximum atomic E-state index is 13.7. The molecule has 1 fully saturated rings. The van der Waals surface area contributed by atoms with Crippen LogP contribution in [0.4, 0.5) is 14.9 Å². The summed E-state index contributed by atoms with van der Waals surface area (Å²) in [5.74, 6) is -1.20. The van der Waals surface area contributed by atoms with E-state index >= 15 is 0 Å². The molecule has 0 spiro atoms. The van der Waals surface area contributed by atoms with Crippen LogP contribution in [-0.2, 0) is 21.7 Å². The van der Waals surface area contributed by atoms with Crippen LogP contribution < -0.4 is 16.0 Å². The van der Waals surface area contributed by atoms with Gasteiger partial charge in [0, 0.05) is 17.0 Å². The third kappa shape index (κ3) is 3.53. The van der Waals surface area contributed by atoms with Crippen molar-refractivity contribution in [2.45, 2.75) is 17.0 Å². The van der Waals surface area contributed by atoms with E-state index in [0.29, 0.717) is 16.9 Å². The van der Waals surface area contributed by atoms with Crippen LogP contribution in [0.25, 0.3) is 11.1 Å². The first-order valence-corrected chi connectivity index (χ1v) is 12.2. The fraction of sp³-hybridized carbons (Fsp3) is 0.154. The molecular formula is C26H19FN4O4S. The fourth-order valence-electron chi connectivity index (χ4n) is 4.92. The zero-order valence-electron chi connectivity index (χ0n) is 18.8. The van der Waals surface area contributed by atoms with Crippen molar-refractivity contribution in [3.05, 3.63) is 83.2 Å². The molecule has 36 heavy (non-hydrogen) atoms. The third-order valence-electron chi connectivity index (χ3n) is 6.65. The molecule has 8 nitrogen and oxygen atoms in total. The molecule has 6 rings (SSSR count). The highest BCUT2D eigenvalue weighted by molar-refractivity contribution is 8.00. The molecule has 0 radical (unpaired) electrons. The Balaban J connectivity index is 1.34. The zero-order valence-corrected chi connectivity index (χ0v) is 19.6. The number of carbonyl (C=O) groups is 4. The Hall–Kier alpha value is -4.18. The van der Waals surface area contributed by atoms with Crippen LogP contribution in [0.3, 0.4) is 0 Å². The second-order valence-corrected chi connectivity index (χ2v) is 9.86. The average Bonchev–Trinajstić information content (AvgIpc) is 3.33. The van der Waals surface area contributed by atoms with Gasteiger partial charge in [-0.15, -0.1) is 11.8 Å². The second kappa shape index (κ2) is 8.20. The molecule has 0 bridgehead atoms. The highest BCUT2D eigenvalue weighted by Crippen LogP contribution is 2.40. The number of hydrogen-bond donors (Lipinski definition) is 3. The molecule has 3 heterocycles. The van der Waals surface area contributed by atoms with Crippen LogP contribution in [0, 0.1) is 5.82 Å². The summed E-state index contributed by atoms with van der Waals surface area (Å²) in [6.45, 7) is 0.0954. The van der Waals surface area contributed by atoms with E-state index in [4.69, 9.17) is 0 Å². The third-order valence-corrected chi connectivity index (χ3v) is 7.78. The molecular weight excluding hydrogens is 483 g/mol. The summed E-state index contributed by atoms with van der Waals surface area (Å²) in [4.78, 5) is 52.4. The van der Waals surface area contributed by atoms with Gasteiger partial charge in [0.1, 0.15) is 5.82 Å². The number of halogens is 1. The van der Waals surface area contributed by atoms with Crippen molar-refractivity contribution in [3.8, 4) is 11.1 Å². The van der Waals surface area contributed by atoms with Gasteiger partial charge in [-0.1, -0.05) is 42.5 Å². The number of thioether (sulfide) groups is 1. The Morgan fingerprint density at radius 3 is 2.50 bits per heavy atom. The summed E-state index contributed by atoms with van der Waals surface area (Å²) in [5, 5.41) is 7.88. The SMILES string of the molecule is O=C1CSc2c(cccc2-c2ccc([C@@]3(CN4Cc5ccc(F)cc5C4=O)NC(=O)NC3=O)cc2)N1. The van der Waals surface area contributed by atoms with Crippen molar-refractivity contribution in [3.63, 3.8) is 0 Å². The molecule has 1 saturated heterocycles. The largest absolute Gasteiger partial charge is 0.331 e. The van der Waals surface area contributed by atoms with Gasteiger partial charge in [0.2, 0.25) is 5.91 Å². The molecule has 3 N–H and O–H groups in total. The Labute approximate surface area is 209 Å². The number of fused-ring (bicyclic) bond motifs is 2. The topological polar surface area (TPSA) is 108 Å². The average molecular weight is 503 g/mol. The van der Waals surface area contributed by atoms with Crippen LogP contribution in [-0.4, -0.2) is 41.0 Å². The van der Waals surface area contributed by atoms with Crippen molar-refractivity contribution in [2.24, 2.45) is 0 Å². The van der Waals surface area contributed by atoms with E-state index in [9.17, 15) is 23.6 Å². The number of hydrogen-bond acceptors (Lipinski definition) is 5. The highest BCUT2D eigenvalue weighted by atomic mass is 32.2. The molecule has 3 aromatic carbocycles. The van der Waals surface area contributed by atoms with E-state index in [-0.39, 0.29) is 24.6 Å². The summed E-state index contributed by atoms with van der Waals surface area (Å²) < 4.78 is 13.7. The lowest BCUT2D eigenvalue weighted by Crippen LogP contribution is -2.52. The number of imide groups is 1. The number of urea groups is 1. The number of benzene rings is 3. The molecule has 10 heteroatoms. The Kier molecular flexibility index (Phi) is 5.08. The Morgan fingerprint density at radius 2 is 1.75 bits per heavy atom. The van der Waals surface area contributed by atoms with Crippen LogP contribution in [0.15, 0.2) is 65.6 Å².